The van der Waals surface area contributed by atoms with Gasteiger partial charge < -0.3 is 30.7 Å². The summed E-state index contributed by atoms with van der Waals surface area (Å²) >= 11 is 0. The van der Waals surface area contributed by atoms with Crippen LogP contribution in [0.15, 0.2) is 12.5 Å². The van der Waals surface area contributed by atoms with Gasteiger partial charge in [-0.05, 0) is 19.9 Å². The number of nitrogens with one attached hydrogen (secondary N) is 1. The molecule has 0 bridgehead atoms. The molecule has 1 saturated heterocycles. The molecule has 4 rings (SSSR count). The summed E-state index contributed by atoms with van der Waals surface area (Å²) in [4.78, 5) is 15.4. The highest BCUT2D eigenvalue weighted by Gasteiger charge is 2.42. The molecule has 130 valence electrons. The van der Waals surface area contributed by atoms with Crippen molar-refractivity contribution < 1.29 is 10.2 Å². The minimum absolute atomic E-state index is 0.150. The molecular weight excluding hydrogens is 310 g/mol. The lowest BCUT2D eigenvalue weighted by molar-refractivity contribution is 0.0151. The Balaban J connectivity index is 1.69. The molecule has 1 saturated carbocycles. The number of nitrogens with two attached hydrogens (primary N) is 1. The van der Waals surface area contributed by atoms with Gasteiger partial charge in [-0.15, -0.1) is 0 Å². The zero-order chi connectivity index (χ0) is 16.8. The molecule has 0 spiro atoms. The summed E-state index contributed by atoms with van der Waals surface area (Å²) in [5.74, 6) is 0.635. The van der Waals surface area contributed by atoms with Crippen LogP contribution in [0.3, 0.4) is 0 Å². The van der Waals surface area contributed by atoms with Crippen molar-refractivity contribution in [1.29, 1.82) is 0 Å². The van der Waals surface area contributed by atoms with E-state index in [0.717, 1.165) is 19.5 Å². The molecule has 0 amide bonds. The Morgan fingerprint density at radius 2 is 2.12 bits per heavy atom. The third-order valence-corrected chi connectivity index (χ3v) is 5.19. The van der Waals surface area contributed by atoms with Crippen LogP contribution in [0.4, 0.5) is 5.95 Å². The standard InChI is InChI=1S/C15H23N7O2/c1-17-9-4-11(13(24)12(9)23)22-7-19-10-5-18-15(20-14(10)22)21-3-2-8(16)6-21/h5,7-9,11-13,17,23-24H,2-4,6,16H2,1H3/t8?,9-,11+,12-,13+/m0/s1. The largest absolute Gasteiger partial charge is 0.389 e. The molecule has 3 heterocycles. The number of fused-ring (bicyclic) bond motifs is 1. The van der Waals surface area contributed by atoms with Crippen LogP contribution in [0, 0.1) is 0 Å². The molecule has 1 aliphatic heterocycles. The van der Waals surface area contributed by atoms with E-state index in [4.69, 9.17) is 5.73 Å². The van der Waals surface area contributed by atoms with E-state index < -0.39 is 12.2 Å². The molecule has 5 N–H and O–H groups in total. The number of aliphatic hydroxyl groups excluding tert-OH is 2. The summed E-state index contributed by atoms with van der Waals surface area (Å²) in [6.45, 7) is 1.58. The van der Waals surface area contributed by atoms with E-state index in [1.54, 1.807) is 19.6 Å². The van der Waals surface area contributed by atoms with Gasteiger partial charge in [0.25, 0.3) is 0 Å². The second-order valence-electron chi connectivity index (χ2n) is 6.70. The number of hydrogen-bond donors (Lipinski definition) is 4. The van der Waals surface area contributed by atoms with Crippen LogP contribution in [-0.4, -0.2) is 74.2 Å². The van der Waals surface area contributed by atoms with Gasteiger partial charge in [0, 0.05) is 25.2 Å². The minimum Gasteiger partial charge on any atom is -0.389 e. The Labute approximate surface area is 139 Å². The van der Waals surface area contributed by atoms with Gasteiger partial charge in [0.2, 0.25) is 5.95 Å². The maximum absolute atomic E-state index is 10.4. The first-order valence-electron chi connectivity index (χ1n) is 8.32. The average molecular weight is 333 g/mol. The average Bonchev–Trinajstić information content (AvgIpc) is 3.26. The lowest BCUT2D eigenvalue weighted by atomic mass is 10.2. The first-order chi connectivity index (χ1) is 11.6. The number of nitrogens with zero attached hydrogens (tertiary/aromatic N) is 5. The van der Waals surface area contributed by atoms with E-state index in [2.05, 4.69) is 25.2 Å². The molecule has 9 heteroatoms. The van der Waals surface area contributed by atoms with Crippen molar-refractivity contribution >= 4 is 17.1 Å². The van der Waals surface area contributed by atoms with Crippen molar-refractivity contribution in [3.8, 4) is 0 Å². The summed E-state index contributed by atoms with van der Waals surface area (Å²) in [6.07, 6.45) is 3.23. The number of likely N-dealkylation sites (N-methyl/N-ethyl adjacent to an activating group) is 1. The molecule has 24 heavy (non-hydrogen) atoms. The van der Waals surface area contributed by atoms with Gasteiger partial charge >= 0.3 is 0 Å². The number of hydrogen-bond acceptors (Lipinski definition) is 8. The van der Waals surface area contributed by atoms with Crippen molar-refractivity contribution in [2.75, 3.05) is 25.0 Å². The predicted octanol–water partition coefficient (Wildman–Crippen LogP) is -1.38. The number of anilines is 1. The normalized spacial score (nSPS) is 33.7. The minimum atomic E-state index is -0.863. The van der Waals surface area contributed by atoms with E-state index in [0.29, 0.717) is 23.5 Å². The molecule has 2 aromatic heterocycles. The van der Waals surface area contributed by atoms with Crippen molar-refractivity contribution in [2.24, 2.45) is 5.73 Å². The van der Waals surface area contributed by atoms with Crippen LogP contribution in [0.1, 0.15) is 18.9 Å². The fraction of sp³-hybridized carbons (Fsp3) is 0.667. The van der Waals surface area contributed by atoms with Gasteiger partial charge in [0.05, 0.1) is 24.7 Å². The Morgan fingerprint density at radius 1 is 1.29 bits per heavy atom. The van der Waals surface area contributed by atoms with Crippen molar-refractivity contribution in [1.82, 2.24) is 24.8 Å². The van der Waals surface area contributed by atoms with Crippen LogP contribution in [-0.2, 0) is 0 Å². The second kappa shape index (κ2) is 5.92. The Morgan fingerprint density at radius 3 is 2.79 bits per heavy atom. The quantitative estimate of drug-likeness (QED) is 0.541. The third kappa shape index (κ3) is 2.44. The lowest BCUT2D eigenvalue weighted by Gasteiger charge is -2.19. The summed E-state index contributed by atoms with van der Waals surface area (Å²) < 4.78 is 1.85. The fourth-order valence-corrected chi connectivity index (χ4v) is 3.75. The monoisotopic (exact) mass is 333 g/mol. The Hall–Kier alpha value is -1.81. The van der Waals surface area contributed by atoms with Crippen LogP contribution in [0.5, 0.6) is 0 Å². The molecular formula is C15H23N7O2. The summed E-state index contributed by atoms with van der Waals surface area (Å²) in [6, 6.07) is -0.274. The van der Waals surface area contributed by atoms with Gasteiger partial charge in [-0.25, -0.2) is 9.97 Å². The highest BCUT2D eigenvalue weighted by molar-refractivity contribution is 5.71. The van der Waals surface area contributed by atoms with E-state index in [1.165, 1.54) is 0 Å². The van der Waals surface area contributed by atoms with Crippen molar-refractivity contribution in [3.63, 3.8) is 0 Å². The first kappa shape index (κ1) is 15.7. The molecule has 2 aliphatic rings. The number of aliphatic hydroxyl groups is 2. The zero-order valence-electron chi connectivity index (χ0n) is 13.6. The van der Waals surface area contributed by atoms with Crippen molar-refractivity contribution in [3.05, 3.63) is 12.5 Å². The Bertz CT molecular complexity index is 736. The van der Waals surface area contributed by atoms with E-state index in [9.17, 15) is 10.2 Å². The molecule has 1 unspecified atom stereocenters. The molecule has 0 radical (unpaired) electrons. The molecule has 1 aliphatic carbocycles. The van der Waals surface area contributed by atoms with Crippen molar-refractivity contribution in [2.45, 2.75) is 43.2 Å². The summed E-state index contributed by atoms with van der Waals surface area (Å²) in [7, 11) is 1.78. The number of aromatic nitrogens is 4. The maximum Gasteiger partial charge on any atom is 0.227 e. The van der Waals surface area contributed by atoms with Crippen LogP contribution < -0.4 is 16.0 Å². The van der Waals surface area contributed by atoms with Crippen LogP contribution >= 0.6 is 0 Å². The highest BCUT2D eigenvalue weighted by Crippen LogP contribution is 2.33. The zero-order valence-corrected chi connectivity index (χ0v) is 13.6. The van der Waals surface area contributed by atoms with Gasteiger partial charge in [0.1, 0.15) is 11.6 Å². The molecule has 0 aromatic carbocycles. The lowest BCUT2D eigenvalue weighted by Crippen LogP contribution is -2.38. The summed E-state index contributed by atoms with van der Waals surface area (Å²) in [5, 5.41) is 23.6. The SMILES string of the molecule is CN[C@H]1C[C@@H](n2cnc3cnc(N4CCC(N)C4)nc32)[C@@H](O)[C@H]1O. The number of imidazole rings is 1. The molecule has 5 atom stereocenters. The second-order valence-corrected chi connectivity index (χ2v) is 6.70. The highest BCUT2D eigenvalue weighted by atomic mass is 16.3. The van der Waals surface area contributed by atoms with E-state index in [-0.39, 0.29) is 18.1 Å². The fourth-order valence-electron chi connectivity index (χ4n) is 3.75. The van der Waals surface area contributed by atoms with E-state index >= 15 is 0 Å². The first-order valence-corrected chi connectivity index (χ1v) is 8.32. The predicted molar refractivity (Wildman–Crippen MR) is 88.6 cm³/mol. The molecule has 2 aromatic rings. The van der Waals surface area contributed by atoms with Crippen LogP contribution in [0.25, 0.3) is 11.2 Å². The van der Waals surface area contributed by atoms with Crippen LogP contribution in [0.2, 0.25) is 0 Å². The maximum atomic E-state index is 10.4. The number of rotatable bonds is 3. The van der Waals surface area contributed by atoms with E-state index in [1.807, 2.05) is 4.57 Å². The third-order valence-electron chi connectivity index (χ3n) is 5.19. The molecule has 9 nitrogen and oxygen atoms in total. The smallest absolute Gasteiger partial charge is 0.227 e. The Kier molecular flexibility index (Phi) is 3.87. The topological polar surface area (TPSA) is 125 Å². The van der Waals surface area contributed by atoms with Gasteiger partial charge in [-0.1, -0.05) is 0 Å². The molecule has 2 fully saturated rings. The van der Waals surface area contributed by atoms with Gasteiger partial charge in [-0.2, -0.15) is 4.98 Å². The van der Waals surface area contributed by atoms with Gasteiger partial charge in [0.15, 0.2) is 5.65 Å². The van der Waals surface area contributed by atoms with Gasteiger partial charge in [-0.3, -0.25) is 0 Å². The summed E-state index contributed by atoms with van der Waals surface area (Å²) in [5.41, 5.74) is 7.32.